The quantitative estimate of drug-likeness (QED) is 0.634. The molecule has 0 atom stereocenters. The Morgan fingerprint density at radius 3 is 2.27 bits per heavy atom. The highest BCUT2D eigenvalue weighted by molar-refractivity contribution is 7.89. The van der Waals surface area contributed by atoms with E-state index in [4.69, 9.17) is 21.1 Å². The van der Waals surface area contributed by atoms with Gasteiger partial charge in [-0.15, -0.1) is 0 Å². The Balaban J connectivity index is 2.38. The Hall–Kier alpha value is -1.51. The van der Waals surface area contributed by atoms with Crippen LogP contribution in [0.3, 0.4) is 0 Å². The molecule has 8 heteroatoms. The minimum atomic E-state index is -3.82. The van der Waals surface area contributed by atoms with Crippen molar-refractivity contribution < 1.29 is 22.3 Å². The molecule has 0 N–H and O–H groups in total. The average molecular weight is 402 g/mol. The Kier molecular flexibility index (Phi) is 7.14. The Bertz CT molecular complexity index is 839. The van der Waals surface area contributed by atoms with Gasteiger partial charge in [0.15, 0.2) is 6.29 Å². The van der Waals surface area contributed by atoms with Gasteiger partial charge >= 0.3 is 0 Å². The second-order valence-electron chi connectivity index (χ2n) is 5.76. The molecule has 0 aliphatic heterocycles. The largest absolute Gasteiger partial charge is 0.354 e. The molecule has 0 unspecified atom stereocenters. The molecule has 0 aromatic heterocycles. The number of sulfonamides is 1. The van der Waals surface area contributed by atoms with Crippen molar-refractivity contribution in [3.05, 3.63) is 64.4 Å². The second-order valence-corrected chi connectivity index (χ2v) is 8.11. The number of ether oxygens (including phenoxy) is 2. The SMILES string of the molecule is COC(CN(Cc1ccc(F)c(Cl)c1)S(=O)(=O)c1ccc(C)cc1)OC. The zero-order valence-electron chi connectivity index (χ0n) is 14.8. The molecule has 0 saturated heterocycles. The van der Waals surface area contributed by atoms with Crippen molar-refractivity contribution in [3.8, 4) is 0 Å². The van der Waals surface area contributed by atoms with Crippen LogP contribution in [-0.2, 0) is 26.0 Å². The molecule has 0 aliphatic rings. The number of hydrogen-bond donors (Lipinski definition) is 0. The number of benzene rings is 2. The molecule has 0 heterocycles. The van der Waals surface area contributed by atoms with Crippen molar-refractivity contribution in [1.82, 2.24) is 4.31 Å². The van der Waals surface area contributed by atoms with Gasteiger partial charge in [-0.3, -0.25) is 0 Å². The first kappa shape index (κ1) is 20.8. The van der Waals surface area contributed by atoms with Crippen molar-refractivity contribution in [1.29, 1.82) is 0 Å². The predicted octanol–water partition coefficient (Wildman–Crippen LogP) is 3.60. The number of nitrogens with zero attached hydrogens (tertiary/aromatic N) is 1. The highest BCUT2D eigenvalue weighted by Gasteiger charge is 2.27. The van der Waals surface area contributed by atoms with E-state index in [1.165, 1.54) is 36.7 Å². The summed E-state index contributed by atoms with van der Waals surface area (Å²) in [7, 11) is -0.957. The molecule has 26 heavy (non-hydrogen) atoms. The van der Waals surface area contributed by atoms with Crippen LogP contribution in [0, 0.1) is 12.7 Å². The maximum absolute atomic E-state index is 13.4. The van der Waals surface area contributed by atoms with E-state index in [-0.39, 0.29) is 23.0 Å². The molecule has 5 nitrogen and oxygen atoms in total. The summed E-state index contributed by atoms with van der Waals surface area (Å²) in [5.41, 5.74) is 1.51. The summed E-state index contributed by atoms with van der Waals surface area (Å²) in [4.78, 5) is 0.155. The van der Waals surface area contributed by atoms with Gasteiger partial charge in [-0.05, 0) is 36.8 Å². The Morgan fingerprint density at radius 2 is 1.73 bits per heavy atom. The maximum atomic E-state index is 13.4. The molecule has 2 rings (SSSR count). The van der Waals surface area contributed by atoms with E-state index >= 15 is 0 Å². The Labute approximate surface area is 158 Å². The fourth-order valence-electron chi connectivity index (χ4n) is 2.36. The summed E-state index contributed by atoms with van der Waals surface area (Å²) in [6.45, 7) is 1.85. The van der Waals surface area contributed by atoms with Crippen molar-refractivity contribution in [3.63, 3.8) is 0 Å². The van der Waals surface area contributed by atoms with Gasteiger partial charge in [0.05, 0.1) is 16.5 Å². The highest BCUT2D eigenvalue weighted by atomic mass is 35.5. The number of hydrogen-bond acceptors (Lipinski definition) is 4. The molecule has 2 aromatic carbocycles. The lowest BCUT2D eigenvalue weighted by Crippen LogP contribution is -2.38. The van der Waals surface area contributed by atoms with Gasteiger partial charge < -0.3 is 9.47 Å². The lowest BCUT2D eigenvalue weighted by atomic mass is 10.2. The first-order chi connectivity index (χ1) is 12.3. The average Bonchev–Trinajstić information content (AvgIpc) is 2.61. The smallest absolute Gasteiger partial charge is 0.243 e. The summed E-state index contributed by atoms with van der Waals surface area (Å²) >= 11 is 5.81. The summed E-state index contributed by atoms with van der Waals surface area (Å²) < 4.78 is 51.1. The van der Waals surface area contributed by atoms with E-state index in [0.29, 0.717) is 5.56 Å². The summed E-state index contributed by atoms with van der Waals surface area (Å²) in [5, 5.41) is -0.0646. The first-order valence-electron chi connectivity index (χ1n) is 7.84. The third-order valence-electron chi connectivity index (χ3n) is 3.88. The standard InChI is InChI=1S/C18H21ClFNO4S/c1-13-4-7-15(8-5-13)26(22,23)21(12-18(24-2)25-3)11-14-6-9-17(20)16(19)10-14/h4-10,18H,11-12H2,1-3H3. The van der Waals surface area contributed by atoms with Crippen LogP contribution in [0.1, 0.15) is 11.1 Å². The molecule has 0 fully saturated rings. The zero-order chi connectivity index (χ0) is 19.3. The van der Waals surface area contributed by atoms with Crippen molar-refractivity contribution in [2.24, 2.45) is 0 Å². The normalized spacial score (nSPS) is 12.1. The van der Waals surface area contributed by atoms with Gasteiger partial charge in [0, 0.05) is 20.8 Å². The molecule has 142 valence electrons. The van der Waals surface area contributed by atoms with Crippen LogP contribution < -0.4 is 0 Å². The van der Waals surface area contributed by atoms with Crippen LogP contribution in [0.2, 0.25) is 5.02 Å². The highest BCUT2D eigenvalue weighted by Crippen LogP contribution is 2.22. The van der Waals surface area contributed by atoms with Gasteiger partial charge in [-0.2, -0.15) is 4.31 Å². The molecule has 0 saturated carbocycles. The van der Waals surface area contributed by atoms with E-state index < -0.39 is 22.1 Å². The predicted molar refractivity (Wildman–Crippen MR) is 98.0 cm³/mol. The van der Waals surface area contributed by atoms with Crippen LogP contribution in [-0.4, -0.2) is 39.8 Å². The minimum Gasteiger partial charge on any atom is -0.354 e. The molecule has 0 aliphatic carbocycles. The minimum absolute atomic E-state index is 0.000566. The van der Waals surface area contributed by atoms with E-state index in [9.17, 15) is 12.8 Å². The first-order valence-corrected chi connectivity index (χ1v) is 9.66. The van der Waals surface area contributed by atoms with E-state index in [1.807, 2.05) is 6.92 Å². The fourth-order valence-corrected chi connectivity index (χ4v) is 3.98. The number of methoxy groups -OCH3 is 2. The monoisotopic (exact) mass is 401 g/mol. The van der Waals surface area contributed by atoms with Gasteiger partial charge in [-0.1, -0.05) is 35.4 Å². The maximum Gasteiger partial charge on any atom is 0.243 e. The third kappa shape index (κ3) is 5.02. The third-order valence-corrected chi connectivity index (χ3v) is 6.00. The molecule has 0 radical (unpaired) electrons. The summed E-state index contributed by atoms with van der Waals surface area (Å²) in [5.74, 6) is -0.560. The lowest BCUT2D eigenvalue weighted by molar-refractivity contribution is -0.108. The van der Waals surface area contributed by atoms with Gasteiger partial charge in [-0.25, -0.2) is 12.8 Å². The number of halogens is 2. The fraction of sp³-hybridized carbons (Fsp3) is 0.333. The number of aryl methyl sites for hydroxylation is 1. The molecular formula is C18H21ClFNO4S. The van der Waals surface area contributed by atoms with Crippen molar-refractivity contribution in [2.45, 2.75) is 24.7 Å². The Morgan fingerprint density at radius 1 is 1.12 bits per heavy atom. The van der Waals surface area contributed by atoms with Gasteiger partial charge in [0.25, 0.3) is 0 Å². The van der Waals surface area contributed by atoms with Crippen LogP contribution >= 0.6 is 11.6 Å². The van der Waals surface area contributed by atoms with Crippen LogP contribution in [0.5, 0.6) is 0 Å². The van der Waals surface area contributed by atoms with Crippen LogP contribution in [0.15, 0.2) is 47.4 Å². The van der Waals surface area contributed by atoms with E-state index in [0.717, 1.165) is 5.56 Å². The van der Waals surface area contributed by atoms with Crippen molar-refractivity contribution >= 4 is 21.6 Å². The second kappa shape index (κ2) is 8.92. The zero-order valence-corrected chi connectivity index (χ0v) is 16.3. The topological polar surface area (TPSA) is 55.8 Å². The number of rotatable bonds is 8. The van der Waals surface area contributed by atoms with Crippen LogP contribution in [0.4, 0.5) is 4.39 Å². The van der Waals surface area contributed by atoms with E-state index in [2.05, 4.69) is 0 Å². The molecule has 2 aromatic rings. The molecular weight excluding hydrogens is 381 g/mol. The van der Waals surface area contributed by atoms with Gasteiger partial charge in [0.1, 0.15) is 5.82 Å². The van der Waals surface area contributed by atoms with Crippen molar-refractivity contribution in [2.75, 3.05) is 20.8 Å². The summed E-state index contributed by atoms with van der Waals surface area (Å²) in [6, 6.07) is 10.6. The van der Waals surface area contributed by atoms with E-state index in [1.54, 1.807) is 24.3 Å². The molecule has 0 spiro atoms. The van der Waals surface area contributed by atoms with Gasteiger partial charge in [0.2, 0.25) is 10.0 Å². The van der Waals surface area contributed by atoms with Crippen LogP contribution in [0.25, 0.3) is 0 Å². The molecule has 0 bridgehead atoms. The lowest BCUT2D eigenvalue weighted by Gasteiger charge is -2.26. The molecule has 0 amide bonds. The summed E-state index contributed by atoms with van der Waals surface area (Å²) in [6.07, 6.45) is -0.744.